The molecule has 2 N–H and O–H groups in total. The van der Waals surface area contributed by atoms with Crippen molar-refractivity contribution in [3.63, 3.8) is 0 Å². The van der Waals surface area contributed by atoms with Crippen molar-refractivity contribution in [3.05, 3.63) is 77.6 Å². The minimum absolute atomic E-state index is 0.0215. The van der Waals surface area contributed by atoms with Crippen molar-refractivity contribution in [1.82, 2.24) is 15.3 Å². The van der Waals surface area contributed by atoms with Gasteiger partial charge < -0.3 is 24.8 Å². The summed E-state index contributed by atoms with van der Waals surface area (Å²) in [6, 6.07) is 14.8. The average molecular weight is 505 g/mol. The van der Waals surface area contributed by atoms with Crippen LogP contribution in [0.4, 0.5) is 5.95 Å². The number of benzene rings is 2. The first-order chi connectivity index (χ1) is 17.9. The number of rotatable bonds is 10. The zero-order valence-electron chi connectivity index (χ0n) is 21.1. The highest BCUT2D eigenvalue weighted by molar-refractivity contribution is 5.93. The summed E-state index contributed by atoms with van der Waals surface area (Å²) < 4.78 is 11.9. The second kappa shape index (κ2) is 12.2. The third kappa shape index (κ3) is 6.75. The highest BCUT2D eigenvalue weighted by atomic mass is 16.5. The van der Waals surface area contributed by atoms with Gasteiger partial charge in [0.15, 0.2) is 11.5 Å². The van der Waals surface area contributed by atoms with Crippen LogP contribution in [0.2, 0.25) is 0 Å². The average Bonchev–Trinajstić information content (AvgIpc) is 2.93. The summed E-state index contributed by atoms with van der Waals surface area (Å²) in [5, 5.41) is 12.0. The van der Waals surface area contributed by atoms with E-state index in [1.165, 1.54) is 12.4 Å². The number of amides is 1. The lowest BCUT2D eigenvalue weighted by Crippen LogP contribution is -2.42. The third-order valence-electron chi connectivity index (χ3n) is 6.31. The molecule has 2 aromatic carbocycles. The second-order valence-electron chi connectivity index (χ2n) is 8.96. The Morgan fingerprint density at radius 1 is 1.11 bits per heavy atom. The van der Waals surface area contributed by atoms with Crippen molar-refractivity contribution >= 4 is 17.8 Å². The Kier molecular flexibility index (Phi) is 8.56. The molecule has 9 nitrogen and oxygen atoms in total. The summed E-state index contributed by atoms with van der Waals surface area (Å²) in [6.07, 6.45) is 4.91. The minimum Gasteiger partial charge on any atom is -0.490 e. The molecule has 3 aromatic rings. The fourth-order valence-corrected chi connectivity index (χ4v) is 4.17. The van der Waals surface area contributed by atoms with Gasteiger partial charge in [-0.1, -0.05) is 36.4 Å². The predicted octanol–water partition coefficient (Wildman–Crippen LogP) is 4.04. The lowest BCUT2D eigenvalue weighted by Gasteiger charge is -2.33. The Morgan fingerprint density at radius 2 is 1.81 bits per heavy atom. The first-order valence-corrected chi connectivity index (χ1v) is 12.5. The standard InChI is InChI=1S/C28H32N4O5/c1-3-36-24-8-4-5-9-25(24)37-23-7-6-14-32(18-23)28-30-16-22(17-31-28)26(33)29-15-20-10-12-21(13-11-20)19(2)27(34)35/h4-5,8-13,16-17,19,23H,3,6-7,14-15,18H2,1-2H3,(H,29,33)(H,34,35). The number of nitrogens with zero attached hydrogens (tertiary/aromatic N) is 3. The number of para-hydroxylation sites is 2. The molecular weight excluding hydrogens is 472 g/mol. The topological polar surface area (TPSA) is 114 Å². The molecule has 1 aliphatic rings. The van der Waals surface area contributed by atoms with Crippen LogP contribution in [0.25, 0.3) is 0 Å². The molecule has 1 saturated heterocycles. The van der Waals surface area contributed by atoms with Crippen LogP contribution >= 0.6 is 0 Å². The van der Waals surface area contributed by atoms with E-state index in [4.69, 9.17) is 14.6 Å². The largest absolute Gasteiger partial charge is 0.490 e. The molecule has 0 bridgehead atoms. The summed E-state index contributed by atoms with van der Waals surface area (Å²) in [5.74, 6) is 0.304. The summed E-state index contributed by atoms with van der Waals surface area (Å²) in [7, 11) is 0. The van der Waals surface area contributed by atoms with E-state index < -0.39 is 11.9 Å². The summed E-state index contributed by atoms with van der Waals surface area (Å²) in [4.78, 5) is 34.7. The Balaban J connectivity index is 1.31. The van der Waals surface area contributed by atoms with Gasteiger partial charge in [0.2, 0.25) is 5.95 Å². The molecule has 0 radical (unpaired) electrons. The van der Waals surface area contributed by atoms with Crippen LogP contribution in [0.1, 0.15) is 54.1 Å². The van der Waals surface area contributed by atoms with Gasteiger partial charge in [0.1, 0.15) is 6.10 Å². The fourth-order valence-electron chi connectivity index (χ4n) is 4.17. The molecule has 4 rings (SSSR count). The van der Waals surface area contributed by atoms with E-state index in [-0.39, 0.29) is 12.0 Å². The van der Waals surface area contributed by atoms with Crippen LogP contribution in [0.5, 0.6) is 11.5 Å². The van der Waals surface area contributed by atoms with Gasteiger partial charge in [0.25, 0.3) is 5.91 Å². The van der Waals surface area contributed by atoms with Crippen LogP contribution in [-0.2, 0) is 11.3 Å². The quantitative estimate of drug-likeness (QED) is 0.425. The van der Waals surface area contributed by atoms with E-state index in [0.29, 0.717) is 31.2 Å². The van der Waals surface area contributed by atoms with Crippen LogP contribution in [0.3, 0.4) is 0 Å². The highest BCUT2D eigenvalue weighted by Crippen LogP contribution is 2.29. The van der Waals surface area contributed by atoms with E-state index in [1.54, 1.807) is 19.1 Å². The van der Waals surface area contributed by atoms with Crippen LogP contribution < -0.4 is 19.7 Å². The molecule has 37 heavy (non-hydrogen) atoms. The zero-order valence-corrected chi connectivity index (χ0v) is 21.1. The maximum atomic E-state index is 12.6. The molecule has 0 spiro atoms. The van der Waals surface area contributed by atoms with Crippen LogP contribution in [-0.4, -0.2) is 52.8 Å². The van der Waals surface area contributed by atoms with Gasteiger partial charge in [0.05, 0.1) is 24.6 Å². The molecule has 194 valence electrons. The smallest absolute Gasteiger partial charge is 0.310 e. The van der Waals surface area contributed by atoms with Gasteiger partial charge in [-0.05, 0) is 49.9 Å². The predicted molar refractivity (Wildman–Crippen MR) is 139 cm³/mol. The molecule has 1 amide bonds. The van der Waals surface area contributed by atoms with E-state index in [2.05, 4.69) is 20.2 Å². The molecule has 0 aliphatic carbocycles. The summed E-state index contributed by atoms with van der Waals surface area (Å²) in [5.41, 5.74) is 1.96. The summed E-state index contributed by atoms with van der Waals surface area (Å²) >= 11 is 0. The Hall–Kier alpha value is -4.14. The van der Waals surface area contributed by atoms with Crippen molar-refractivity contribution < 1.29 is 24.2 Å². The maximum Gasteiger partial charge on any atom is 0.310 e. The monoisotopic (exact) mass is 504 g/mol. The number of nitrogens with one attached hydrogen (secondary N) is 1. The van der Waals surface area contributed by atoms with E-state index >= 15 is 0 Å². The molecule has 9 heteroatoms. The van der Waals surface area contributed by atoms with Gasteiger partial charge in [-0.25, -0.2) is 9.97 Å². The molecule has 2 unspecified atom stereocenters. The van der Waals surface area contributed by atoms with Crippen LogP contribution in [0.15, 0.2) is 60.9 Å². The third-order valence-corrected chi connectivity index (χ3v) is 6.31. The van der Waals surface area contributed by atoms with Crippen molar-refractivity contribution in [3.8, 4) is 11.5 Å². The van der Waals surface area contributed by atoms with Crippen LogP contribution in [0, 0.1) is 0 Å². The van der Waals surface area contributed by atoms with Gasteiger partial charge in [0, 0.05) is 25.5 Å². The number of hydrogen-bond donors (Lipinski definition) is 2. The molecule has 1 aromatic heterocycles. The number of ether oxygens (including phenoxy) is 2. The number of carboxylic acids is 1. The van der Waals surface area contributed by atoms with E-state index in [1.807, 2.05) is 43.3 Å². The molecule has 1 fully saturated rings. The second-order valence-corrected chi connectivity index (χ2v) is 8.96. The van der Waals surface area contributed by atoms with Gasteiger partial charge in [-0.2, -0.15) is 0 Å². The van der Waals surface area contributed by atoms with Crippen molar-refractivity contribution in [2.24, 2.45) is 0 Å². The number of anilines is 1. The number of aromatic nitrogens is 2. The number of hydrogen-bond acceptors (Lipinski definition) is 7. The van der Waals surface area contributed by atoms with Crippen molar-refractivity contribution in [2.45, 2.75) is 45.3 Å². The highest BCUT2D eigenvalue weighted by Gasteiger charge is 2.24. The lowest BCUT2D eigenvalue weighted by atomic mass is 10.00. The molecule has 0 saturated carbocycles. The summed E-state index contributed by atoms with van der Waals surface area (Å²) in [6.45, 7) is 5.93. The lowest BCUT2D eigenvalue weighted by molar-refractivity contribution is -0.138. The number of carboxylic acid groups (broad SMARTS) is 1. The Bertz CT molecular complexity index is 1200. The fraction of sp³-hybridized carbons (Fsp3) is 0.357. The molecule has 2 atom stereocenters. The Labute approximate surface area is 216 Å². The number of aliphatic carboxylic acids is 1. The SMILES string of the molecule is CCOc1ccccc1OC1CCCN(c2ncc(C(=O)NCc3ccc(C(C)C(=O)O)cc3)cn2)C1. The van der Waals surface area contributed by atoms with Gasteiger partial charge >= 0.3 is 5.97 Å². The first-order valence-electron chi connectivity index (χ1n) is 12.5. The van der Waals surface area contributed by atoms with E-state index in [0.717, 1.165) is 42.0 Å². The number of carbonyl (C=O) groups is 2. The molecule has 2 heterocycles. The maximum absolute atomic E-state index is 12.6. The van der Waals surface area contributed by atoms with Crippen molar-refractivity contribution in [2.75, 3.05) is 24.6 Å². The Morgan fingerprint density at radius 3 is 2.49 bits per heavy atom. The molecular formula is C28H32N4O5. The van der Waals surface area contributed by atoms with Crippen molar-refractivity contribution in [1.29, 1.82) is 0 Å². The zero-order chi connectivity index (χ0) is 26.2. The normalized spacial score (nSPS) is 16.1. The number of piperidine rings is 1. The molecule has 1 aliphatic heterocycles. The van der Waals surface area contributed by atoms with Gasteiger partial charge in [-0.15, -0.1) is 0 Å². The van der Waals surface area contributed by atoms with Gasteiger partial charge in [-0.3, -0.25) is 9.59 Å². The van der Waals surface area contributed by atoms with E-state index in [9.17, 15) is 9.59 Å². The first kappa shape index (κ1) is 25.9. The number of carbonyl (C=O) groups excluding carboxylic acids is 1. The minimum atomic E-state index is -0.871.